The lowest BCUT2D eigenvalue weighted by Crippen LogP contribution is -2.16. The Hall–Kier alpha value is -3.94. The van der Waals surface area contributed by atoms with Gasteiger partial charge in [0, 0.05) is 19.2 Å². The predicted molar refractivity (Wildman–Crippen MR) is 117 cm³/mol. The summed E-state index contributed by atoms with van der Waals surface area (Å²) in [5.41, 5.74) is 3.60. The summed E-state index contributed by atoms with van der Waals surface area (Å²) < 4.78 is 3.35. The molecule has 0 saturated heterocycles. The standard InChI is InChI=1S/C23H23N5O3/c1-15-22(25-21(29)10-11-27-13-19(12-24-27)23(30)31)16(2)28(26-15)14-18-8-5-7-17-6-3-4-9-20(17)18/h3-9,12-13H,10-11,14H2,1-2H3,(H,25,29)(H,30,31). The maximum Gasteiger partial charge on any atom is 0.338 e. The summed E-state index contributed by atoms with van der Waals surface area (Å²) in [5.74, 6) is -1.22. The molecule has 4 rings (SSSR count). The number of nitrogens with one attached hydrogen (secondary N) is 1. The van der Waals surface area contributed by atoms with Crippen molar-refractivity contribution >= 4 is 28.3 Å². The Bertz CT molecular complexity index is 1270. The quantitative estimate of drug-likeness (QED) is 0.478. The van der Waals surface area contributed by atoms with Gasteiger partial charge in [-0.1, -0.05) is 42.5 Å². The largest absolute Gasteiger partial charge is 0.478 e. The van der Waals surface area contributed by atoms with Gasteiger partial charge in [0.25, 0.3) is 0 Å². The van der Waals surface area contributed by atoms with Crippen LogP contribution in [0, 0.1) is 13.8 Å². The summed E-state index contributed by atoms with van der Waals surface area (Å²) in [4.78, 5) is 23.4. The molecule has 0 atom stereocenters. The molecule has 2 aromatic carbocycles. The fourth-order valence-corrected chi connectivity index (χ4v) is 3.64. The fraction of sp³-hybridized carbons (Fsp3) is 0.217. The van der Waals surface area contributed by atoms with Crippen molar-refractivity contribution in [1.82, 2.24) is 19.6 Å². The second-order valence-corrected chi connectivity index (χ2v) is 7.44. The highest BCUT2D eigenvalue weighted by molar-refractivity contribution is 5.92. The van der Waals surface area contributed by atoms with Crippen LogP contribution in [0.2, 0.25) is 0 Å². The lowest BCUT2D eigenvalue weighted by atomic mass is 10.0. The Kier molecular flexibility index (Phi) is 5.53. The minimum absolute atomic E-state index is 0.0989. The van der Waals surface area contributed by atoms with Gasteiger partial charge in [-0.15, -0.1) is 0 Å². The molecule has 0 spiro atoms. The van der Waals surface area contributed by atoms with Crippen molar-refractivity contribution < 1.29 is 14.7 Å². The van der Waals surface area contributed by atoms with Crippen molar-refractivity contribution in [1.29, 1.82) is 0 Å². The number of amides is 1. The highest BCUT2D eigenvalue weighted by Crippen LogP contribution is 2.24. The van der Waals surface area contributed by atoms with Crippen LogP contribution in [-0.2, 0) is 17.9 Å². The second-order valence-electron chi connectivity index (χ2n) is 7.44. The monoisotopic (exact) mass is 417 g/mol. The number of carbonyl (C=O) groups is 2. The summed E-state index contributed by atoms with van der Waals surface area (Å²) in [5, 5.41) is 22.9. The molecule has 4 aromatic rings. The molecule has 0 aliphatic heterocycles. The van der Waals surface area contributed by atoms with Gasteiger partial charge in [-0.25, -0.2) is 4.79 Å². The molecule has 2 N–H and O–H groups in total. The topological polar surface area (TPSA) is 102 Å². The number of nitrogens with zero attached hydrogens (tertiary/aromatic N) is 4. The van der Waals surface area contributed by atoms with E-state index in [-0.39, 0.29) is 17.9 Å². The second kappa shape index (κ2) is 8.43. The van der Waals surface area contributed by atoms with Crippen molar-refractivity contribution in [3.05, 3.63) is 77.4 Å². The van der Waals surface area contributed by atoms with Crippen LogP contribution in [0.1, 0.15) is 33.7 Å². The van der Waals surface area contributed by atoms with E-state index in [4.69, 9.17) is 5.11 Å². The molecule has 158 valence electrons. The summed E-state index contributed by atoms with van der Waals surface area (Å²) in [7, 11) is 0. The molecule has 0 unspecified atom stereocenters. The van der Waals surface area contributed by atoms with E-state index in [2.05, 4.69) is 39.8 Å². The zero-order valence-electron chi connectivity index (χ0n) is 17.4. The number of aromatic carboxylic acids is 1. The molecule has 0 radical (unpaired) electrons. The Morgan fingerprint density at radius 2 is 1.87 bits per heavy atom. The number of aromatic nitrogens is 4. The zero-order chi connectivity index (χ0) is 22.0. The van der Waals surface area contributed by atoms with E-state index in [9.17, 15) is 9.59 Å². The third-order valence-corrected chi connectivity index (χ3v) is 5.29. The van der Waals surface area contributed by atoms with E-state index >= 15 is 0 Å². The van der Waals surface area contributed by atoms with Gasteiger partial charge in [0.15, 0.2) is 0 Å². The molecule has 0 saturated carbocycles. The first-order chi connectivity index (χ1) is 14.9. The van der Waals surface area contributed by atoms with Crippen LogP contribution >= 0.6 is 0 Å². The van der Waals surface area contributed by atoms with Gasteiger partial charge in [0.2, 0.25) is 5.91 Å². The van der Waals surface area contributed by atoms with Crippen LogP contribution in [0.3, 0.4) is 0 Å². The van der Waals surface area contributed by atoms with Crippen molar-refractivity contribution in [3.63, 3.8) is 0 Å². The van der Waals surface area contributed by atoms with E-state index in [0.717, 1.165) is 17.0 Å². The molecule has 0 aliphatic rings. The smallest absolute Gasteiger partial charge is 0.338 e. The Labute approximate surface area is 179 Å². The highest BCUT2D eigenvalue weighted by Gasteiger charge is 2.15. The number of carboxylic acid groups (broad SMARTS) is 1. The average molecular weight is 417 g/mol. The number of anilines is 1. The van der Waals surface area contributed by atoms with E-state index in [1.54, 1.807) is 0 Å². The van der Waals surface area contributed by atoms with Gasteiger partial charge in [0.1, 0.15) is 0 Å². The number of hydrogen-bond acceptors (Lipinski definition) is 4. The summed E-state index contributed by atoms with van der Waals surface area (Å²) in [6.45, 7) is 4.71. The SMILES string of the molecule is Cc1nn(Cc2cccc3ccccc23)c(C)c1NC(=O)CCn1cc(C(=O)O)cn1. The molecule has 8 heteroatoms. The van der Waals surface area contributed by atoms with Crippen LogP contribution in [0.15, 0.2) is 54.9 Å². The Morgan fingerprint density at radius 1 is 1.10 bits per heavy atom. The summed E-state index contributed by atoms with van der Waals surface area (Å²) in [6.07, 6.45) is 2.86. The van der Waals surface area contributed by atoms with Gasteiger partial charge in [0.05, 0.1) is 35.4 Å². The lowest BCUT2D eigenvalue weighted by Gasteiger charge is -2.09. The molecule has 0 bridgehead atoms. The van der Waals surface area contributed by atoms with Gasteiger partial charge in [-0.3, -0.25) is 14.2 Å². The van der Waals surface area contributed by atoms with Gasteiger partial charge in [-0.2, -0.15) is 10.2 Å². The van der Waals surface area contributed by atoms with Gasteiger partial charge in [-0.05, 0) is 30.2 Å². The molecule has 31 heavy (non-hydrogen) atoms. The minimum Gasteiger partial charge on any atom is -0.478 e. The van der Waals surface area contributed by atoms with Crippen LogP contribution in [0.5, 0.6) is 0 Å². The Balaban J connectivity index is 1.46. The lowest BCUT2D eigenvalue weighted by molar-refractivity contribution is -0.116. The first-order valence-electron chi connectivity index (χ1n) is 9.98. The number of rotatable bonds is 7. The average Bonchev–Trinajstić information content (AvgIpc) is 3.33. The van der Waals surface area contributed by atoms with Crippen LogP contribution in [-0.4, -0.2) is 36.5 Å². The maximum atomic E-state index is 12.5. The minimum atomic E-state index is -1.04. The van der Waals surface area contributed by atoms with E-state index < -0.39 is 5.97 Å². The summed E-state index contributed by atoms with van der Waals surface area (Å²) in [6, 6.07) is 14.5. The molecule has 2 aromatic heterocycles. The van der Waals surface area contributed by atoms with Crippen LogP contribution in [0.4, 0.5) is 5.69 Å². The number of fused-ring (bicyclic) bond motifs is 1. The summed E-state index contributed by atoms with van der Waals surface area (Å²) >= 11 is 0. The number of carboxylic acids is 1. The number of carbonyl (C=O) groups excluding carboxylic acids is 1. The van der Waals surface area contributed by atoms with Crippen molar-refractivity contribution in [2.24, 2.45) is 0 Å². The van der Waals surface area contributed by atoms with Crippen LogP contribution < -0.4 is 5.32 Å². The first-order valence-corrected chi connectivity index (χ1v) is 9.98. The van der Waals surface area contributed by atoms with Gasteiger partial charge < -0.3 is 10.4 Å². The number of benzene rings is 2. The molecular formula is C23H23N5O3. The third-order valence-electron chi connectivity index (χ3n) is 5.29. The highest BCUT2D eigenvalue weighted by atomic mass is 16.4. The van der Waals surface area contributed by atoms with Crippen molar-refractivity contribution in [2.45, 2.75) is 33.4 Å². The normalized spacial score (nSPS) is 11.0. The first kappa shape index (κ1) is 20.3. The van der Waals surface area contributed by atoms with Gasteiger partial charge >= 0.3 is 5.97 Å². The van der Waals surface area contributed by atoms with Crippen molar-refractivity contribution in [3.8, 4) is 0 Å². The van der Waals surface area contributed by atoms with E-state index in [1.807, 2.05) is 36.7 Å². The number of aryl methyl sites for hydroxylation is 2. The van der Waals surface area contributed by atoms with E-state index in [0.29, 0.717) is 18.8 Å². The van der Waals surface area contributed by atoms with Crippen LogP contribution in [0.25, 0.3) is 10.8 Å². The Morgan fingerprint density at radius 3 is 2.65 bits per heavy atom. The zero-order valence-corrected chi connectivity index (χ0v) is 17.4. The van der Waals surface area contributed by atoms with Crippen molar-refractivity contribution in [2.75, 3.05) is 5.32 Å². The maximum absolute atomic E-state index is 12.5. The molecule has 0 aliphatic carbocycles. The third kappa shape index (κ3) is 4.32. The fourth-order valence-electron chi connectivity index (χ4n) is 3.64. The van der Waals surface area contributed by atoms with E-state index in [1.165, 1.54) is 27.8 Å². The predicted octanol–water partition coefficient (Wildman–Crippen LogP) is 3.62. The number of hydrogen-bond donors (Lipinski definition) is 2. The molecular weight excluding hydrogens is 394 g/mol. The molecule has 0 fully saturated rings. The molecule has 8 nitrogen and oxygen atoms in total. The molecule has 2 heterocycles. The molecule has 1 amide bonds.